The van der Waals surface area contributed by atoms with Gasteiger partial charge in [-0.2, -0.15) is 0 Å². The zero-order valence-electron chi connectivity index (χ0n) is 10.6. The minimum absolute atomic E-state index is 0.120. The molecule has 0 bridgehead atoms. The van der Waals surface area contributed by atoms with E-state index in [1.165, 1.54) is 0 Å². The van der Waals surface area contributed by atoms with Crippen molar-refractivity contribution >= 4 is 16.6 Å². The average Bonchev–Trinajstić information content (AvgIpc) is 1.73. The molecule has 2 N–H and O–H groups in total. The lowest BCUT2D eigenvalue weighted by molar-refractivity contribution is -0.111. The highest BCUT2D eigenvalue weighted by Gasteiger charge is 2.25. The lowest BCUT2D eigenvalue weighted by atomic mass is 10.4. The van der Waals surface area contributed by atoms with Crippen LogP contribution in [0.15, 0.2) is 0 Å². The summed E-state index contributed by atoms with van der Waals surface area (Å²) in [5, 5.41) is 19.1. The Morgan fingerprint density at radius 3 is 1.27 bits per heavy atom. The van der Waals surface area contributed by atoms with Gasteiger partial charge in [0.25, 0.3) is 0 Å². The maximum atomic E-state index is 9.54. The van der Waals surface area contributed by atoms with Gasteiger partial charge in [0.2, 0.25) is 0 Å². The third-order valence-electron chi connectivity index (χ3n) is 1.38. The summed E-state index contributed by atoms with van der Waals surface area (Å²) in [6.45, 7) is 11.9. The molecule has 0 aliphatic heterocycles. The van der Waals surface area contributed by atoms with E-state index < -0.39 is 29.2 Å². The first-order valence-electron chi connectivity index (χ1n) is 5.21. The molecule has 0 rings (SSSR count). The predicted molar refractivity (Wildman–Crippen MR) is 65.5 cm³/mol. The first kappa shape index (κ1) is 15.3. The zero-order chi connectivity index (χ0) is 12.3. The van der Waals surface area contributed by atoms with E-state index in [1.807, 2.05) is 39.3 Å². The van der Waals surface area contributed by atoms with Crippen LogP contribution in [0.2, 0.25) is 39.3 Å². The van der Waals surface area contributed by atoms with Gasteiger partial charge >= 0.3 is 0 Å². The third kappa shape index (κ3) is 10.6. The molecule has 0 heterocycles. The molecule has 0 radical (unpaired) electrons. The highest BCUT2D eigenvalue weighted by atomic mass is 28.4. The Kier molecular flexibility index (Phi) is 5.66. The maximum absolute atomic E-state index is 9.54. The molecule has 0 aromatic rings. The number of rotatable bonds is 6. The molecular formula is C9H24O4Si2. The third-order valence-corrected chi connectivity index (χ3v) is 3.34. The number of aliphatic hydroxyl groups is 2. The first-order chi connectivity index (χ1) is 6.49. The van der Waals surface area contributed by atoms with Crippen LogP contribution in [0.1, 0.15) is 6.42 Å². The van der Waals surface area contributed by atoms with Crippen LogP contribution in [0.5, 0.6) is 0 Å². The molecule has 0 aromatic carbocycles. The molecule has 6 heteroatoms. The van der Waals surface area contributed by atoms with Crippen molar-refractivity contribution in [3.63, 3.8) is 0 Å². The van der Waals surface area contributed by atoms with Crippen molar-refractivity contribution in [1.82, 2.24) is 0 Å². The molecule has 92 valence electrons. The van der Waals surface area contributed by atoms with E-state index >= 15 is 0 Å². The van der Waals surface area contributed by atoms with Gasteiger partial charge in [-0.05, 0) is 39.3 Å². The topological polar surface area (TPSA) is 58.9 Å². The van der Waals surface area contributed by atoms with Gasteiger partial charge in [-0.15, -0.1) is 0 Å². The Labute approximate surface area is 94.5 Å². The summed E-state index contributed by atoms with van der Waals surface area (Å²) in [6.07, 6.45) is -1.74. The fourth-order valence-electron chi connectivity index (χ4n) is 1.08. The van der Waals surface area contributed by atoms with Crippen molar-refractivity contribution in [3.8, 4) is 0 Å². The van der Waals surface area contributed by atoms with Crippen LogP contribution in [0, 0.1) is 0 Å². The quantitative estimate of drug-likeness (QED) is 0.558. The van der Waals surface area contributed by atoms with Crippen LogP contribution in [0.4, 0.5) is 0 Å². The summed E-state index contributed by atoms with van der Waals surface area (Å²) in [4.78, 5) is 0. The van der Waals surface area contributed by atoms with Crippen molar-refractivity contribution in [2.24, 2.45) is 0 Å². The smallest absolute Gasteiger partial charge is 0.187 e. The Hall–Kier alpha value is 0.274. The van der Waals surface area contributed by atoms with Gasteiger partial charge in [0.05, 0.1) is 0 Å². The Morgan fingerprint density at radius 2 is 1.07 bits per heavy atom. The molecule has 0 aromatic heterocycles. The molecule has 0 aliphatic carbocycles. The molecule has 2 atom stereocenters. The molecule has 0 fully saturated rings. The van der Waals surface area contributed by atoms with Crippen molar-refractivity contribution in [2.45, 2.75) is 58.3 Å². The second kappa shape index (κ2) is 5.56. The number of aliphatic hydroxyl groups excluding tert-OH is 2. The van der Waals surface area contributed by atoms with Crippen molar-refractivity contribution in [3.05, 3.63) is 0 Å². The van der Waals surface area contributed by atoms with Crippen LogP contribution < -0.4 is 0 Å². The van der Waals surface area contributed by atoms with Gasteiger partial charge < -0.3 is 19.1 Å². The lowest BCUT2D eigenvalue weighted by Crippen LogP contribution is -2.37. The van der Waals surface area contributed by atoms with Crippen molar-refractivity contribution in [2.75, 3.05) is 0 Å². The van der Waals surface area contributed by atoms with Gasteiger partial charge in [-0.1, -0.05) is 0 Å². The fourth-order valence-corrected chi connectivity index (χ4v) is 2.91. The maximum Gasteiger partial charge on any atom is 0.187 e. The van der Waals surface area contributed by atoms with E-state index in [2.05, 4.69) is 0 Å². The second-order valence-corrected chi connectivity index (χ2v) is 14.5. The van der Waals surface area contributed by atoms with Gasteiger partial charge in [-0.25, -0.2) is 0 Å². The summed E-state index contributed by atoms with van der Waals surface area (Å²) in [7, 11) is -3.50. The molecule has 4 nitrogen and oxygen atoms in total. The number of hydrogen-bond donors (Lipinski definition) is 2. The summed E-state index contributed by atoms with van der Waals surface area (Å²) in [5.41, 5.74) is 0. The van der Waals surface area contributed by atoms with E-state index in [1.54, 1.807) is 0 Å². The molecule has 2 unspecified atom stereocenters. The summed E-state index contributed by atoms with van der Waals surface area (Å²) >= 11 is 0. The van der Waals surface area contributed by atoms with Crippen molar-refractivity contribution < 1.29 is 19.1 Å². The monoisotopic (exact) mass is 252 g/mol. The van der Waals surface area contributed by atoms with E-state index in [-0.39, 0.29) is 6.42 Å². The largest absolute Gasteiger partial charge is 0.393 e. The molecule has 0 saturated carbocycles. The van der Waals surface area contributed by atoms with Crippen LogP contribution in [0.25, 0.3) is 0 Å². The summed E-state index contributed by atoms with van der Waals surface area (Å²) in [6, 6.07) is 0. The summed E-state index contributed by atoms with van der Waals surface area (Å²) in [5.74, 6) is 0. The SMILES string of the molecule is C[Si](C)(C)OC(O)CC(O)O[Si](C)(C)C. The van der Waals surface area contributed by atoms with Crippen LogP contribution in [0.3, 0.4) is 0 Å². The standard InChI is InChI=1S/C9H24O4Si2/c1-14(2,3)12-8(10)7-9(11)13-15(4,5)6/h8-11H,7H2,1-6H3. The van der Waals surface area contributed by atoms with E-state index in [4.69, 9.17) is 8.85 Å². The summed E-state index contributed by atoms with van der Waals surface area (Å²) < 4.78 is 10.8. The highest BCUT2D eigenvalue weighted by molar-refractivity contribution is 6.70. The Morgan fingerprint density at radius 1 is 0.800 bits per heavy atom. The highest BCUT2D eigenvalue weighted by Crippen LogP contribution is 2.13. The van der Waals surface area contributed by atoms with Gasteiger partial charge in [0, 0.05) is 6.42 Å². The predicted octanol–water partition coefficient (Wildman–Crippen LogP) is 1.72. The van der Waals surface area contributed by atoms with Gasteiger partial charge in [0.1, 0.15) is 12.6 Å². The van der Waals surface area contributed by atoms with Crippen LogP contribution >= 0.6 is 0 Å². The van der Waals surface area contributed by atoms with Gasteiger partial charge in [-0.3, -0.25) is 0 Å². The molecule has 0 amide bonds. The second-order valence-electron chi connectivity index (χ2n) is 5.61. The van der Waals surface area contributed by atoms with Crippen LogP contribution in [-0.2, 0) is 8.85 Å². The molecular weight excluding hydrogens is 228 g/mol. The number of hydrogen-bond acceptors (Lipinski definition) is 4. The van der Waals surface area contributed by atoms with Gasteiger partial charge in [0.15, 0.2) is 16.6 Å². The Bertz CT molecular complexity index is 166. The molecule has 15 heavy (non-hydrogen) atoms. The van der Waals surface area contributed by atoms with E-state index in [0.29, 0.717) is 0 Å². The van der Waals surface area contributed by atoms with Crippen LogP contribution in [-0.4, -0.2) is 39.4 Å². The van der Waals surface area contributed by atoms with E-state index in [0.717, 1.165) is 0 Å². The minimum atomic E-state index is -1.75. The van der Waals surface area contributed by atoms with E-state index in [9.17, 15) is 10.2 Å². The molecule has 0 spiro atoms. The fraction of sp³-hybridized carbons (Fsp3) is 1.00. The molecule has 0 saturated heterocycles. The normalized spacial score (nSPS) is 17.6. The van der Waals surface area contributed by atoms with Crippen molar-refractivity contribution in [1.29, 1.82) is 0 Å². The lowest BCUT2D eigenvalue weighted by Gasteiger charge is -2.27. The first-order valence-corrected chi connectivity index (χ1v) is 12.0. The Balaban J connectivity index is 3.92. The zero-order valence-corrected chi connectivity index (χ0v) is 12.6. The average molecular weight is 252 g/mol. The minimum Gasteiger partial charge on any atom is -0.393 e. The molecule has 0 aliphatic rings.